The average Bonchev–Trinajstić information content (AvgIpc) is 3.62. The van der Waals surface area contributed by atoms with E-state index in [1.807, 2.05) is 18.2 Å². The molecule has 1 aliphatic carbocycles. The molecule has 8 heteroatoms. The summed E-state index contributed by atoms with van der Waals surface area (Å²) < 4.78 is 1.62. The van der Waals surface area contributed by atoms with E-state index in [2.05, 4.69) is 28.6 Å². The van der Waals surface area contributed by atoms with Crippen LogP contribution in [0.25, 0.3) is 10.9 Å². The van der Waals surface area contributed by atoms with Crippen LogP contribution in [0.2, 0.25) is 5.15 Å². The van der Waals surface area contributed by atoms with Gasteiger partial charge in [0.25, 0.3) is 11.5 Å². The number of anilines is 1. The van der Waals surface area contributed by atoms with Gasteiger partial charge in [-0.2, -0.15) is 5.26 Å². The topological polar surface area (TPSA) is 99.8 Å². The van der Waals surface area contributed by atoms with Crippen molar-refractivity contribution >= 4 is 34.1 Å². The van der Waals surface area contributed by atoms with E-state index in [1.165, 1.54) is 19.9 Å². The van der Waals surface area contributed by atoms with Crippen LogP contribution in [0, 0.1) is 17.2 Å². The molecule has 1 atom stereocenters. The Morgan fingerprint density at radius 3 is 2.75 bits per heavy atom. The predicted octanol–water partition coefficient (Wildman–Crippen LogP) is 3.62. The van der Waals surface area contributed by atoms with Gasteiger partial charge in [-0.05, 0) is 61.4 Å². The molecular formula is C24H24ClN5O2. The minimum absolute atomic E-state index is 0.00685. The molecule has 2 heterocycles. The fourth-order valence-corrected chi connectivity index (χ4v) is 4.24. The molecular weight excluding hydrogens is 426 g/mol. The zero-order valence-corrected chi connectivity index (χ0v) is 19.0. The van der Waals surface area contributed by atoms with Crippen molar-refractivity contribution in [2.75, 3.05) is 12.4 Å². The number of amides is 1. The van der Waals surface area contributed by atoms with Crippen molar-refractivity contribution in [2.45, 2.75) is 32.2 Å². The number of nitriles is 1. The number of nitrogens with one attached hydrogen (secondary N) is 2. The Bertz CT molecular complexity index is 1320. The summed E-state index contributed by atoms with van der Waals surface area (Å²) in [6.07, 6.45) is 2.80. The van der Waals surface area contributed by atoms with Crippen LogP contribution in [0.1, 0.15) is 46.9 Å². The monoisotopic (exact) mass is 449 g/mol. The molecule has 2 aromatic heterocycles. The number of carbonyl (C=O) groups is 1. The van der Waals surface area contributed by atoms with Gasteiger partial charge in [-0.25, -0.2) is 4.98 Å². The highest BCUT2D eigenvalue weighted by Gasteiger charge is 2.28. The maximum Gasteiger partial charge on any atom is 0.269 e. The van der Waals surface area contributed by atoms with Crippen LogP contribution in [-0.4, -0.2) is 28.5 Å². The van der Waals surface area contributed by atoms with Gasteiger partial charge in [0.2, 0.25) is 0 Å². The predicted molar refractivity (Wildman–Crippen MR) is 125 cm³/mol. The molecule has 0 saturated heterocycles. The molecule has 7 nitrogen and oxygen atoms in total. The molecule has 1 fully saturated rings. The van der Waals surface area contributed by atoms with E-state index < -0.39 is 0 Å². The van der Waals surface area contributed by atoms with E-state index in [1.54, 1.807) is 23.7 Å². The second-order valence-corrected chi connectivity index (χ2v) is 8.64. The van der Waals surface area contributed by atoms with Gasteiger partial charge in [-0.1, -0.05) is 17.7 Å². The summed E-state index contributed by atoms with van der Waals surface area (Å²) in [7, 11) is 3.27. The number of benzene rings is 1. The molecule has 1 amide bonds. The first-order chi connectivity index (χ1) is 15.3. The number of hydrogen-bond acceptors (Lipinski definition) is 5. The smallest absolute Gasteiger partial charge is 0.269 e. The van der Waals surface area contributed by atoms with E-state index >= 15 is 0 Å². The highest BCUT2D eigenvalue weighted by Crippen LogP contribution is 2.35. The molecule has 1 aromatic carbocycles. The van der Waals surface area contributed by atoms with Gasteiger partial charge in [0, 0.05) is 37.3 Å². The summed E-state index contributed by atoms with van der Waals surface area (Å²) in [5, 5.41) is 16.6. The molecule has 32 heavy (non-hydrogen) atoms. The lowest BCUT2D eigenvalue weighted by molar-refractivity contribution is 0.0958. The van der Waals surface area contributed by atoms with Crippen molar-refractivity contribution in [1.82, 2.24) is 14.9 Å². The summed E-state index contributed by atoms with van der Waals surface area (Å²) in [6.45, 7) is 2.14. The van der Waals surface area contributed by atoms with Crippen molar-refractivity contribution in [3.8, 4) is 6.07 Å². The molecule has 0 spiro atoms. The lowest BCUT2D eigenvalue weighted by Crippen LogP contribution is -2.22. The van der Waals surface area contributed by atoms with Crippen LogP contribution in [0.4, 0.5) is 5.69 Å². The van der Waals surface area contributed by atoms with Crippen LogP contribution in [-0.2, 0) is 13.5 Å². The minimum atomic E-state index is -0.369. The van der Waals surface area contributed by atoms with Gasteiger partial charge >= 0.3 is 0 Å². The fraction of sp³-hybridized carbons (Fsp3) is 0.333. The number of aromatic nitrogens is 2. The Kier molecular flexibility index (Phi) is 5.90. The first-order valence-corrected chi connectivity index (χ1v) is 10.9. The summed E-state index contributed by atoms with van der Waals surface area (Å²) >= 11 is 6.19. The number of fused-ring (bicyclic) bond motifs is 1. The Labute approximate surface area is 191 Å². The van der Waals surface area contributed by atoms with Crippen LogP contribution >= 0.6 is 11.6 Å². The summed E-state index contributed by atoms with van der Waals surface area (Å²) in [5.41, 5.74) is 3.53. The van der Waals surface area contributed by atoms with Gasteiger partial charge in [-0.15, -0.1) is 0 Å². The number of nitrogens with zero attached hydrogens (tertiary/aromatic N) is 3. The summed E-state index contributed by atoms with van der Waals surface area (Å²) in [4.78, 5) is 28.6. The van der Waals surface area contributed by atoms with Crippen LogP contribution < -0.4 is 16.2 Å². The van der Waals surface area contributed by atoms with Gasteiger partial charge in [-0.3, -0.25) is 9.59 Å². The number of halogens is 1. The quantitative estimate of drug-likeness (QED) is 0.560. The third kappa shape index (κ3) is 4.19. The maximum absolute atomic E-state index is 12.5. The molecule has 164 valence electrons. The normalized spacial score (nSPS) is 14.1. The third-order valence-corrected chi connectivity index (χ3v) is 6.32. The van der Waals surface area contributed by atoms with E-state index in [4.69, 9.17) is 11.6 Å². The molecule has 1 aliphatic rings. The zero-order chi connectivity index (χ0) is 23.0. The lowest BCUT2D eigenvalue weighted by atomic mass is 9.99. The highest BCUT2D eigenvalue weighted by atomic mass is 35.5. The zero-order valence-electron chi connectivity index (χ0n) is 18.2. The molecule has 3 aromatic rings. The molecule has 0 bridgehead atoms. The fourth-order valence-electron chi connectivity index (χ4n) is 3.98. The number of aryl methyl sites for hydroxylation is 1. The Morgan fingerprint density at radius 1 is 1.34 bits per heavy atom. The SMILES string of the molecule is CNC(=O)c1cc(Cc2ccc3c(c2)c(N[C@H](C)C2CC2)cc(=O)n3C)c(C#N)c(Cl)n1. The number of hydrogen-bond donors (Lipinski definition) is 2. The second-order valence-electron chi connectivity index (χ2n) is 8.28. The standard InChI is InChI=1S/C24H24ClN5O2/c1-13(15-5-6-15)28-19-11-22(31)30(3)21-7-4-14(9-17(19)21)8-16-10-20(24(32)27-2)29-23(25)18(16)12-26/h4,7,9-11,13,15,28H,5-6,8H2,1-3H3,(H,27,32)/t13-/m1/s1. The Balaban J connectivity index is 1.78. The Morgan fingerprint density at radius 2 is 2.09 bits per heavy atom. The first kappa shape index (κ1) is 21.8. The first-order valence-electron chi connectivity index (χ1n) is 10.5. The van der Waals surface area contributed by atoms with Crippen molar-refractivity contribution in [3.63, 3.8) is 0 Å². The number of carbonyl (C=O) groups excluding carboxylic acids is 1. The second kappa shape index (κ2) is 8.64. The molecule has 0 radical (unpaired) electrons. The van der Waals surface area contributed by atoms with E-state index in [0.29, 0.717) is 17.9 Å². The minimum Gasteiger partial charge on any atom is -0.382 e. The summed E-state index contributed by atoms with van der Waals surface area (Å²) in [6, 6.07) is 11.5. The van der Waals surface area contributed by atoms with E-state index in [0.717, 1.165) is 22.2 Å². The van der Waals surface area contributed by atoms with E-state index in [9.17, 15) is 14.9 Å². The van der Waals surface area contributed by atoms with Crippen molar-refractivity contribution < 1.29 is 4.79 Å². The Hall–Kier alpha value is -3.37. The van der Waals surface area contributed by atoms with Crippen LogP contribution in [0.3, 0.4) is 0 Å². The largest absolute Gasteiger partial charge is 0.382 e. The van der Waals surface area contributed by atoms with Crippen LogP contribution in [0.5, 0.6) is 0 Å². The lowest BCUT2D eigenvalue weighted by Gasteiger charge is -2.18. The van der Waals surface area contributed by atoms with Crippen LogP contribution in [0.15, 0.2) is 35.1 Å². The average molecular weight is 450 g/mol. The van der Waals surface area contributed by atoms with Crippen molar-refractivity contribution in [1.29, 1.82) is 5.26 Å². The van der Waals surface area contributed by atoms with Gasteiger partial charge in [0.05, 0.1) is 11.1 Å². The molecule has 1 saturated carbocycles. The third-order valence-electron chi connectivity index (χ3n) is 6.05. The number of pyridine rings is 2. The molecule has 0 aliphatic heterocycles. The van der Waals surface area contributed by atoms with E-state index in [-0.39, 0.29) is 33.9 Å². The van der Waals surface area contributed by atoms with Gasteiger partial charge in [0.1, 0.15) is 16.9 Å². The highest BCUT2D eigenvalue weighted by molar-refractivity contribution is 6.30. The van der Waals surface area contributed by atoms with Gasteiger partial charge < -0.3 is 15.2 Å². The molecule has 4 rings (SSSR count). The summed E-state index contributed by atoms with van der Waals surface area (Å²) in [5.74, 6) is 0.268. The molecule has 0 unspecified atom stereocenters. The van der Waals surface area contributed by atoms with Crippen molar-refractivity contribution in [2.24, 2.45) is 13.0 Å². The van der Waals surface area contributed by atoms with Crippen molar-refractivity contribution in [3.05, 3.63) is 68.2 Å². The van der Waals surface area contributed by atoms with Gasteiger partial charge in [0.15, 0.2) is 0 Å². The molecule has 2 N–H and O–H groups in total. The number of rotatable bonds is 6. The maximum atomic E-state index is 12.5.